The van der Waals surface area contributed by atoms with Crippen molar-refractivity contribution < 1.29 is 9.47 Å². The second kappa shape index (κ2) is 8.59. The number of nitrogens with two attached hydrogens (primary N) is 1. The Hall–Kier alpha value is -2.00. The summed E-state index contributed by atoms with van der Waals surface area (Å²) in [5, 5.41) is 0. The molecule has 0 aliphatic carbocycles. The van der Waals surface area contributed by atoms with Gasteiger partial charge >= 0.3 is 0 Å². The van der Waals surface area contributed by atoms with E-state index in [1.165, 1.54) is 16.7 Å². The Morgan fingerprint density at radius 3 is 2.61 bits per heavy atom. The number of benzene rings is 2. The standard InChI is InChI=1S/C20H27NO2/c1-4-16-13-17(8-9-20(16)22-3)18(14-21)10-11-23-19-7-5-6-15(2)12-19/h5-9,12-13,18H,4,10-11,14,21H2,1-3H3. The molecule has 23 heavy (non-hydrogen) atoms. The van der Waals surface area contributed by atoms with E-state index in [-0.39, 0.29) is 0 Å². The summed E-state index contributed by atoms with van der Waals surface area (Å²) in [7, 11) is 1.71. The number of rotatable bonds is 8. The monoisotopic (exact) mass is 313 g/mol. The number of aryl methyl sites for hydroxylation is 2. The molecule has 0 saturated carbocycles. The summed E-state index contributed by atoms with van der Waals surface area (Å²) in [6, 6.07) is 14.5. The van der Waals surface area contributed by atoms with Gasteiger partial charge in [-0.3, -0.25) is 0 Å². The molecule has 2 N–H and O–H groups in total. The maximum Gasteiger partial charge on any atom is 0.122 e. The van der Waals surface area contributed by atoms with Gasteiger partial charge in [0.2, 0.25) is 0 Å². The van der Waals surface area contributed by atoms with Gasteiger partial charge in [-0.05, 0) is 67.1 Å². The summed E-state index contributed by atoms with van der Waals surface area (Å²) in [4.78, 5) is 0. The number of hydrogen-bond donors (Lipinski definition) is 1. The van der Waals surface area contributed by atoms with Gasteiger partial charge in [0, 0.05) is 0 Å². The van der Waals surface area contributed by atoms with Crippen molar-refractivity contribution in [2.24, 2.45) is 5.73 Å². The highest BCUT2D eigenvalue weighted by molar-refractivity contribution is 5.38. The van der Waals surface area contributed by atoms with E-state index in [0.717, 1.165) is 24.3 Å². The van der Waals surface area contributed by atoms with E-state index in [2.05, 4.69) is 38.1 Å². The summed E-state index contributed by atoms with van der Waals surface area (Å²) in [5.41, 5.74) is 9.68. The molecule has 0 spiro atoms. The summed E-state index contributed by atoms with van der Waals surface area (Å²) < 4.78 is 11.3. The van der Waals surface area contributed by atoms with Gasteiger partial charge in [0.1, 0.15) is 11.5 Å². The SMILES string of the molecule is CCc1cc(C(CN)CCOc2cccc(C)c2)ccc1OC. The predicted octanol–water partition coefficient (Wildman–Crippen LogP) is 4.08. The van der Waals surface area contributed by atoms with Crippen LogP contribution in [0.1, 0.15) is 36.0 Å². The highest BCUT2D eigenvalue weighted by Crippen LogP contribution is 2.26. The molecule has 1 unspecified atom stereocenters. The average Bonchev–Trinajstić information content (AvgIpc) is 2.58. The molecule has 0 aliphatic heterocycles. The lowest BCUT2D eigenvalue weighted by Gasteiger charge is -2.18. The van der Waals surface area contributed by atoms with Gasteiger partial charge < -0.3 is 15.2 Å². The normalized spacial score (nSPS) is 12.0. The summed E-state index contributed by atoms with van der Waals surface area (Å²) in [6.45, 7) is 5.49. The fourth-order valence-electron chi connectivity index (χ4n) is 2.77. The largest absolute Gasteiger partial charge is 0.496 e. The summed E-state index contributed by atoms with van der Waals surface area (Å²) in [5.74, 6) is 2.17. The minimum atomic E-state index is 0.302. The second-order valence-electron chi connectivity index (χ2n) is 5.81. The van der Waals surface area contributed by atoms with Crippen molar-refractivity contribution in [1.82, 2.24) is 0 Å². The molecule has 1 atom stereocenters. The fourth-order valence-corrected chi connectivity index (χ4v) is 2.77. The zero-order valence-electron chi connectivity index (χ0n) is 14.3. The highest BCUT2D eigenvalue weighted by Gasteiger charge is 2.12. The molecule has 0 bridgehead atoms. The Labute approximate surface area is 139 Å². The smallest absolute Gasteiger partial charge is 0.122 e. The minimum absolute atomic E-state index is 0.302. The van der Waals surface area contributed by atoms with E-state index < -0.39 is 0 Å². The van der Waals surface area contributed by atoms with E-state index in [0.29, 0.717) is 19.1 Å². The first-order chi connectivity index (χ1) is 11.2. The second-order valence-corrected chi connectivity index (χ2v) is 5.81. The Morgan fingerprint density at radius 2 is 1.96 bits per heavy atom. The molecular weight excluding hydrogens is 286 g/mol. The van der Waals surface area contributed by atoms with Crippen molar-refractivity contribution in [3.63, 3.8) is 0 Å². The van der Waals surface area contributed by atoms with Crippen LogP contribution < -0.4 is 15.2 Å². The molecule has 0 aromatic heterocycles. The molecule has 0 amide bonds. The van der Waals surface area contributed by atoms with E-state index >= 15 is 0 Å². The zero-order chi connectivity index (χ0) is 16.7. The Balaban J connectivity index is 1.99. The molecule has 0 radical (unpaired) electrons. The Bertz CT molecular complexity index is 625. The van der Waals surface area contributed by atoms with Gasteiger partial charge in [-0.25, -0.2) is 0 Å². The van der Waals surface area contributed by atoms with Gasteiger partial charge in [-0.15, -0.1) is 0 Å². The van der Waals surface area contributed by atoms with Crippen molar-refractivity contribution in [3.8, 4) is 11.5 Å². The molecule has 2 aromatic carbocycles. The van der Waals surface area contributed by atoms with Gasteiger partial charge in [0.25, 0.3) is 0 Å². The molecule has 0 aliphatic rings. The van der Waals surface area contributed by atoms with Crippen LogP contribution in [0.5, 0.6) is 11.5 Å². The van der Waals surface area contributed by atoms with Crippen molar-refractivity contribution in [3.05, 3.63) is 59.2 Å². The molecular formula is C20H27NO2. The van der Waals surface area contributed by atoms with Crippen molar-refractivity contribution in [2.45, 2.75) is 32.6 Å². The molecule has 0 fully saturated rings. The van der Waals surface area contributed by atoms with Gasteiger partial charge in [-0.1, -0.05) is 31.2 Å². The minimum Gasteiger partial charge on any atom is -0.496 e. The molecule has 0 saturated heterocycles. The quantitative estimate of drug-likeness (QED) is 0.798. The third kappa shape index (κ3) is 4.73. The first-order valence-electron chi connectivity index (χ1n) is 8.24. The molecule has 2 aromatic rings. The maximum atomic E-state index is 5.98. The van der Waals surface area contributed by atoms with Crippen LogP contribution in [0.4, 0.5) is 0 Å². The van der Waals surface area contributed by atoms with E-state index in [1.807, 2.05) is 18.2 Å². The van der Waals surface area contributed by atoms with E-state index in [1.54, 1.807) is 7.11 Å². The van der Waals surface area contributed by atoms with Crippen LogP contribution in [0.2, 0.25) is 0 Å². The Morgan fingerprint density at radius 1 is 1.13 bits per heavy atom. The van der Waals surface area contributed by atoms with E-state index in [4.69, 9.17) is 15.2 Å². The molecule has 0 heterocycles. The van der Waals surface area contributed by atoms with Crippen LogP contribution in [-0.2, 0) is 6.42 Å². The molecule has 3 nitrogen and oxygen atoms in total. The number of methoxy groups -OCH3 is 1. The van der Waals surface area contributed by atoms with Crippen LogP contribution in [0.25, 0.3) is 0 Å². The lowest BCUT2D eigenvalue weighted by atomic mass is 9.93. The van der Waals surface area contributed by atoms with Gasteiger partial charge in [0.05, 0.1) is 13.7 Å². The Kier molecular flexibility index (Phi) is 6.48. The maximum absolute atomic E-state index is 5.98. The number of hydrogen-bond acceptors (Lipinski definition) is 3. The fraction of sp³-hybridized carbons (Fsp3) is 0.400. The number of ether oxygens (including phenoxy) is 2. The summed E-state index contributed by atoms with van der Waals surface area (Å²) in [6.07, 6.45) is 1.86. The lowest BCUT2D eigenvalue weighted by Crippen LogP contribution is -2.16. The molecule has 3 heteroatoms. The van der Waals surface area contributed by atoms with Crippen LogP contribution in [-0.4, -0.2) is 20.3 Å². The van der Waals surface area contributed by atoms with E-state index in [9.17, 15) is 0 Å². The van der Waals surface area contributed by atoms with Gasteiger partial charge in [-0.2, -0.15) is 0 Å². The molecule has 2 rings (SSSR count). The highest BCUT2D eigenvalue weighted by atomic mass is 16.5. The third-order valence-electron chi connectivity index (χ3n) is 4.17. The first kappa shape index (κ1) is 17.4. The summed E-state index contributed by atoms with van der Waals surface area (Å²) >= 11 is 0. The van der Waals surface area contributed by atoms with Crippen LogP contribution in [0, 0.1) is 6.92 Å². The van der Waals surface area contributed by atoms with Crippen molar-refractivity contribution in [1.29, 1.82) is 0 Å². The van der Waals surface area contributed by atoms with Crippen LogP contribution >= 0.6 is 0 Å². The van der Waals surface area contributed by atoms with Crippen LogP contribution in [0.15, 0.2) is 42.5 Å². The zero-order valence-corrected chi connectivity index (χ0v) is 14.3. The van der Waals surface area contributed by atoms with Crippen molar-refractivity contribution in [2.75, 3.05) is 20.3 Å². The lowest BCUT2D eigenvalue weighted by molar-refractivity contribution is 0.298. The predicted molar refractivity (Wildman–Crippen MR) is 95.5 cm³/mol. The van der Waals surface area contributed by atoms with Crippen molar-refractivity contribution >= 4 is 0 Å². The third-order valence-corrected chi connectivity index (χ3v) is 4.17. The first-order valence-corrected chi connectivity index (χ1v) is 8.24. The van der Waals surface area contributed by atoms with Gasteiger partial charge in [0.15, 0.2) is 0 Å². The topological polar surface area (TPSA) is 44.5 Å². The average molecular weight is 313 g/mol. The van der Waals surface area contributed by atoms with Crippen LogP contribution in [0.3, 0.4) is 0 Å². The molecule has 124 valence electrons.